The monoisotopic (exact) mass is 328 g/mol. The Morgan fingerprint density at radius 1 is 1.38 bits per heavy atom. The minimum Gasteiger partial charge on any atom is -0.465 e. The molecule has 1 N–H and O–H groups in total. The van der Waals surface area contributed by atoms with Gasteiger partial charge in [-0.3, -0.25) is 4.79 Å². The molecule has 0 bridgehead atoms. The third kappa shape index (κ3) is 4.21. The van der Waals surface area contributed by atoms with Gasteiger partial charge in [-0.2, -0.15) is 8.42 Å². The van der Waals surface area contributed by atoms with E-state index in [-0.39, 0.29) is 21.8 Å². The average Bonchev–Trinajstić information content (AvgIpc) is 2.45. The second-order valence-corrected chi connectivity index (χ2v) is 6.89. The number of fused-ring (bicyclic) bond motifs is 1. The quantitative estimate of drug-likeness (QED) is 0.659. The minimum absolute atomic E-state index is 0.0211. The van der Waals surface area contributed by atoms with Crippen molar-refractivity contribution in [2.75, 3.05) is 17.7 Å². The number of nitrogens with one attached hydrogen (secondary N) is 1. The first-order chi connectivity index (χ1) is 10.0. The Labute approximate surface area is 128 Å². The first-order valence-electron chi connectivity index (χ1n) is 6.52. The Kier molecular flexibility index (Phi) is 5.24. The van der Waals surface area contributed by atoms with Gasteiger partial charge in [0, 0.05) is 0 Å². The summed E-state index contributed by atoms with van der Waals surface area (Å²) in [4.78, 5) is 11.6. The lowest BCUT2D eigenvalue weighted by Gasteiger charge is -2.17. The van der Waals surface area contributed by atoms with Crippen LogP contribution in [0.2, 0.25) is 0 Å². The van der Waals surface area contributed by atoms with Crippen molar-refractivity contribution in [3.8, 4) is 0 Å². The smallest absolute Gasteiger partial charge is 0.316 e. The zero-order valence-corrected chi connectivity index (χ0v) is 13.2. The molecule has 0 atom stereocenters. The Morgan fingerprint density at radius 2 is 2.14 bits per heavy atom. The number of thioether (sulfide) groups is 1. The number of ether oxygens (including phenoxy) is 1. The lowest BCUT2D eigenvalue weighted by Crippen LogP contribution is -2.20. The van der Waals surface area contributed by atoms with Crippen LogP contribution in [0.15, 0.2) is 33.6 Å². The van der Waals surface area contributed by atoms with Crippen LogP contribution >= 0.6 is 11.8 Å². The molecule has 6 nitrogen and oxygen atoms in total. The number of unbranched alkanes of at least 4 members (excludes halogenated alkanes) is 1. The van der Waals surface area contributed by atoms with Crippen molar-refractivity contribution in [1.29, 1.82) is 0 Å². The maximum absolute atomic E-state index is 12.0. The molecule has 0 fully saturated rings. The number of benzene rings is 1. The summed E-state index contributed by atoms with van der Waals surface area (Å²) >= 11 is 1.01. The first-order valence-corrected chi connectivity index (χ1v) is 8.95. The molecule has 114 valence electrons. The standard InChI is InChI=1S/C13H16N2O4S2/c1-2-3-8-19-12(16)9-20-13-14-10-6-4-5-7-11(10)21(17,18)15-13/h4-7H,2-3,8-9H2,1H3,(H,14,15). The Morgan fingerprint density at radius 3 is 2.90 bits per heavy atom. The van der Waals surface area contributed by atoms with Crippen molar-refractivity contribution in [3.05, 3.63) is 24.3 Å². The second kappa shape index (κ2) is 6.95. The van der Waals surface area contributed by atoms with E-state index in [9.17, 15) is 13.2 Å². The molecular weight excluding hydrogens is 312 g/mol. The van der Waals surface area contributed by atoms with Gasteiger partial charge >= 0.3 is 5.97 Å². The number of hydrogen-bond donors (Lipinski definition) is 1. The molecule has 1 aliphatic rings. The van der Waals surface area contributed by atoms with Crippen LogP contribution in [0.5, 0.6) is 0 Å². The Balaban J connectivity index is 1.97. The molecule has 0 unspecified atom stereocenters. The van der Waals surface area contributed by atoms with Crippen molar-refractivity contribution < 1.29 is 17.9 Å². The van der Waals surface area contributed by atoms with Crippen LogP contribution in [0.3, 0.4) is 0 Å². The summed E-state index contributed by atoms with van der Waals surface area (Å²) < 4.78 is 32.6. The van der Waals surface area contributed by atoms with Crippen LogP contribution < -0.4 is 5.32 Å². The number of carbonyl (C=O) groups is 1. The third-order valence-corrected chi connectivity index (χ3v) is 4.99. The molecule has 1 heterocycles. The van der Waals surface area contributed by atoms with Gasteiger partial charge in [0.15, 0.2) is 5.17 Å². The molecule has 0 saturated heterocycles. The van der Waals surface area contributed by atoms with Gasteiger partial charge in [-0.05, 0) is 18.6 Å². The van der Waals surface area contributed by atoms with Crippen molar-refractivity contribution in [2.24, 2.45) is 4.40 Å². The Bertz CT molecular complexity index is 656. The van der Waals surface area contributed by atoms with Crippen LogP contribution in [0, 0.1) is 0 Å². The van der Waals surface area contributed by atoms with Gasteiger partial charge in [0.1, 0.15) is 4.90 Å². The predicted octanol–water partition coefficient (Wildman–Crippen LogP) is 2.23. The van der Waals surface area contributed by atoms with Crippen LogP contribution in [0.1, 0.15) is 19.8 Å². The van der Waals surface area contributed by atoms with E-state index in [2.05, 4.69) is 9.71 Å². The number of para-hydroxylation sites is 1. The highest BCUT2D eigenvalue weighted by Gasteiger charge is 2.24. The van der Waals surface area contributed by atoms with Gasteiger partial charge in [0.2, 0.25) is 0 Å². The summed E-state index contributed by atoms with van der Waals surface area (Å²) in [6.45, 7) is 2.39. The van der Waals surface area contributed by atoms with Gasteiger partial charge in [0.25, 0.3) is 10.0 Å². The van der Waals surface area contributed by atoms with Gasteiger partial charge in [0.05, 0.1) is 18.0 Å². The number of rotatable bonds is 5. The van der Waals surface area contributed by atoms with Crippen molar-refractivity contribution in [1.82, 2.24) is 0 Å². The van der Waals surface area contributed by atoms with Crippen LogP contribution in [0.25, 0.3) is 0 Å². The van der Waals surface area contributed by atoms with Gasteiger partial charge in [-0.15, -0.1) is 4.40 Å². The third-order valence-electron chi connectivity index (χ3n) is 2.70. The largest absolute Gasteiger partial charge is 0.465 e. The molecule has 21 heavy (non-hydrogen) atoms. The van der Waals surface area contributed by atoms with E-state index >= 15 is 0 Å². The zero-order valence-electron chi connectivity index (χ0n) is 11.5. The van der Waals surface area contributed by atoms with Crippen LogP contribution in [-0.4, -0.2) is 31.9 Å². The first kappa shape index (κ1) is 15.8. The van der Waals surface area contributed by atoms with Crippen molar-refractivity contribution in [2.45, 2.75) is 24.7 Å². The summed E-state index contributed by atoms with van der Waals surface area (Å²) in [6, 6.07) is 6.51. The molecule has 1 aliphatic heterocycles. The summed E-state index contributed by atoms with van der Waals surface area (Å²) in [5.74, 6) is -0.359. The number of esters is 1. The molecule has 1 aromatic rings. The predicted molar refractivity (Wildman–Crippen MR) is 83.0 cm³/mol. The molecule has 0 radical (unpaired) electrons. The maximum Gasteiger partial charge on any atom is 0.316 e. The van der Waals surface area contributed by atoms with E-state index < -0.39 is 10.0 Å². The molecule has 1 aromatic carbocycles. The fourth-order valence-electron chi connectivity index (χ4n) is 1.65. The molecule has 0 spiro atoms. The zero-order chi connectivity index (χ0) is 15.3. The highest BCUT2D eigenvalue weighted by Crippen LogP contribution is 2.28. The average molecular weight is 328 g/mol. The van der Waals surface area contributed by atoms with Gasteiger partial charge < -0.3 is 10.1 Å². The summed E-state index contributed by atoms with van der Waals surface area (Å²) in [7, 11) is -3.71. The maximum atomic E-state index is 12.0. The fourth-order valence-corrected chi connectivity index (χ4v) is 3.69. The number of carbonyl (C=O) groups excluding carboxylic acids is 1. The van der Waals surface area contributed by atoms with Crippen molar-refractivity contribution >= 4 is 38.6 Å². The van der Waals surface area contributed by atoms with E-state index in [0.29, 0.717) is 12.3 Å². The van der Waals surface area contributed by atoms with Crippen LogP contribution in [0.4, 0.5) is 5.69 Å². The van der Waals surface area contributed by atoms with E-state index in [1.54, 1.807) is 18.2 Å². The molecule has 0 saturated carbocycles. The number of anilines is 1. The molecule has 0 aromatic heterocycles. The summed E-state index contributed by atoms with van der Waals surface area (Å²) in [5, 5.41) is 3.08. The minimum atomic E-state index is -3.71. The van der Waals surface area contributed by atoms with E-state index in [1.165, 1.54) is 6.07 Å². The second-order valence-electron chi connectivity index (χ2n) is 4.36. The normalized spacial score (nSPS) is 15.6. The van der Waals surface area contributed by atoms with E-state index in [1.807, 2.05) is 6.92 Å². The highest BCUT2D eigenvalue weighted by molar-refractivity contribution is 8.15. The topological polar surface area (TPSA) is 84.8 Å². The number of nitrogens with zero attached hydrogens (tertiary/aromatic N) is 1. The summed E-state index contributed by atoms with van der Waals surface area (Å²) in [6.07, 6.45) is 1.76. The van der Waals surface area contributed by atoms with E-state index in [0.717, 1.165) is 24.6 Å². The fraction of sp³-hybridized carbons (Fsp3) is 0.385. The number of hydrogen-bond acceptors (Lipinski definition) is 6. The SMILES string of the molecule is CCCCOC(=O)CSC1=NS(=O)(=O)c2ccccc2N1. The molecule has 0 aliphatic carbocycles. The van der Waals surface area contributed by atoms with Crippen molar-refractivity contribution in [3.63, 3.8) is 0 Å². The van der Waals surface area contributed by atoms with Crippen LogP contribution in [-0.2, 0) is 19.6 Å². The summed E-state index contributed by atoms with van der Waals surface area (Å²) in [5.41, 5.74) is 0.467. The van der Waals surface area contributed by atoms with Gasteiger partial charge in [-0.1, -0.05) is 37.2 Å². The molecule has 8 heteroatoms. The lowest BCUT2D eigenvalue weighted by molar-refractivity contribution is -0.140. The van der Waals surface area contributed by atoms with E-state index in [4.69, 9.17) is 4.74 Å². The Hall–Kier alpha value is -1.54. The number of sulfonamides is 1. The molecule has 0 amide bonds. The van der Waals surface area contributed by atoms with Gasteiger partial charge in [-0.25, -0.2) is 0 Å². The molecular formula is C13H16N2O4S2. The molecule has 2 rings (SSSR count). The number of amidine groups is 1. The highest BCUT2D eigenvalue weighted by atomic mass is 32.2. The lowest BCUT2D eigenvalue weighted by atomic mass is 10.3.